The molecule has 144 valence electrons. The first kappa shape index (κ1) is 20.3. The van der Waals surface area contributed by atoms with E-state index in [-0.39, 0.29) is 0 Å². The maximum absolute atomic E-state index is 5.77. The molecule has 0 fully saturated rings. The molecule has 0 aliphatic rings. The quantitative estimate of drug-likeness (QED) is 0.383. The number of unbranched alkanes of at least 4 members (excludes halogenated alkanes) is 2. The van der Waals surface area contributed by atoms with Crippen LogP contribution in [0.2, 0.25) is 0 Å². The summed E-state index contributed by atoms with van der Waals surface area (Å²) in [6.45, 7) is 1.36. The molecule has 2 aromatic rings. The van der Waals surface area contributed by atoms with E-state index in [1.54, 1.807) is 14.1 Å². The fraction of sp³-hybridized carbons (Fsp3) is 0.333. The van der Waals surface area contributed by atoms with E-state index in [1.165, 1.54) is 0 Å². The van der Waals surface area contributed by atoms with Gasteiger partial charge in [0.25, 0.3) is 0 Å². The van der Waals surface area contributed by atoms with Crippen molar-refractivity contribution in [2.24, 2.45) is 21.5 Å². The second kappa shape index (κ2) is 10.9. The molecule has 0 unspecified atom stereocenters. The average molecular weight is 368 g/mol. The summed E-state index contributed by atoms with van der Waals surface area (Å²) < 4.78 is 11.5. The highest BCUT2D eigenvalue weighted by atomic mass is 16.5. The Labute approximate surface area is 160 Å². The van der Waals surface area contributed by atoms with Crippen molar-refractivity contribution in [2.75, 3.05) is 27.3 Å². The van der Waals surface area contributed by atoms with Gasteiger partial charge in [0.1, 0.15) is 23.2 Å². The smallest absolute Gasteiger partial charge is 0.125 e. The summed E-state index contributed by atoms with van der Waals surface area (Å²) in [5.74, 6) is 2.74. The molecule has 2 rings (SSSR count). The van der Waals surface area contributed by atoms with Crippen LogP contribution in [-0.4, -0.2) is 39.0 Å². The Morgan fingerprint density at radius 2 is 1.04 bits per heavy atom. The van der Waals surface area contributed by atoms with Gasteiger partial charge in [-0.15, -0.1) is 0 Å². The van der Waals surface area contributed by atoms with Crippen LogP contribution in [0.4, 0.5) is 0 Å². The zero-order chi connectivity index (χ0) is 19.5. The van der Waals surface area contributed by atoms with Crippen LogP contribution < -0.4 is 20.9 Å². The molecule has 0 saturated heterocycles. The zero-order valence-electron chi connectivity index (χ0n) is 16.0. The number of rotatable bonds is 10. The predicted molar refractivity (Wildman–Crippen MR) is 111 cm³/mol. The molecular formula is C21H28N4O2. The fourth-order valence-corrected chi connectivity index (χ4v) is 2.46. The molecule has 0 bridgehead atoms. The Balaban J connectivity index is 1.59. The van der Waals surface area contributed by atoms with Gasteiger partial charge in [0.2, 0.25) is 0 Å². The second-order valence-electron chi connectivity index (χ2n) is 6.02. The molecule has 6 nitrogen and oxygen atoms in total. The summed E-state index contributed by atoms with van der Waals surface area (Å²) >= 11 is 0. The van der Waals surface area contributed by atoms with Crippen LogP contribution in [0, 0.1) is 0 Å². The third kappa shape index (κ3) is 6.66. The van der Waals surface area contributed by atoms with Crippen molar-refractivity contribution in [3.05, 3.63) is 59.7 Å². The molecule has 0 saturated carbocycles. The second-order valence-corrected chi connectivity index (χ2v) is 6.02. The van der Waals surface area contributed by atoms with Crippen molar-refractivity contribution in [1.29, 1.82) is 0 Å². The minimum absolute atomic E-state index is 0.526. The van der Waals surface area contributed by atoms with E-state index in [4.69, 9.17) is 20.9 Å². The van der Waals surface area contributed by atoms with Crippen molar-refractivity contribution in [3.8, 4) is 11.5 Å². The number of benzene rings is 2. The first-order valence-electron chi connectivity index (χ1n) is 9.05. The molecular weight excluding hydrogens is 340 g/mol. The molecule has 0 radical (unpaired) electrons. The maximum atomic E-state index is 5.77. The third-order valence-corrected chi connectivity index (χ3v) is 4.11. The maximum Gasteiger partial charge on any atom is 0.125 e. The van der Waals surface area contributed by atoms with Crippen molar-refractivity contribution in [2.45, 2.75) is 19.3 Å². The molecule has 0 heterocycles. The van der Waals surface area contributed by atoms with Crippen LogP contribution in [0.3, 0.4) is 0 Å². The van der Waals surface area contributed by atoms with Crippen molar-refractivity contribution in [1.82, 2.24) is 0 Å². The van der Waals surface area contributed by atoms with E-state index < -0.39 is 0 Å². The molecule has 2 aromatic carbocycles. The first-order chi connectivity index (χ1) is 13.1. The van der Waals surface area contributed by atoms with Gasteiger partial charge < -0.3 is 20.9 Å². The molecule has 0 amide bonds. The summed E-state index contributed by atoms with van der Waals surface area (Å²) in [5, 5.41) is 0. The lowest BCUT2D eigenvalue weighted by molar-refractivity contribution is 0.279. The standard InChI is InChI=1S/C21H28N4O2/c1-24-20(22)16-6-10-18(11-7-16)26-14-4-3-5-15-27-19-12-8-17(9-13-19)21(23)25-2/h6-13H,3-5,14-15H2,1-2H3,(H2,22,24)(H2,23,25). The Kier molecular flexibility index (Phi) is 8.16. The average Bonchev–Trinajstić information content (AvgIpc) is 2.72. The highest BCUT2D eigenvalue weighted by molar-refractivity contribution is 5.97. The number of aliphatic imine (C=N–C) groups is 2. The molecule has 0 atom stereocenters. The third-order valence-electron chi connectivity index (χ3n) is 4.11. The van der Waals surface area contributed by atoms with Gasteiger partial charge in [-0.05, 0) is 67.8 Å². The van der Waals surface area contributed by atoms with E-state index >= 15 is 0 Å². The first-order valence-corrected chi connectivity index (χ1v) is 9.05. The SMILES string of the molecule is CN=C(N)c1ccc(OCCCCCOc2ccc(C(N)=NC)cc2)cc1. The number of hydrogen-bond donors (Lipinski definition) is 2. The highest BCUT2D eigenvalue weighted by Crippen LogP contribution is 2.14. The Morgan fingerprint density at radius 3 is 1.37 bits per heavy atom. The van der Waals surface area contributed by atoms with Crippen LogP contribution in [0.1, 0.15) is 30.4 Å². The molecule has 27 heavy (non-hydrogen) atoms. The predicted octanol–water partition coefficient (Wildman–Crippen LogP) is 2.98. The van der Waals surface area contributed by atoms with Crippen molar-refractivity contribution >= 4 is 11.7 Å². The van der Waals surface area contributed by atoms with Gasteiger partial charge in [0, 0.05) is 25.2 Å². The number of ether oxygens (including phenoxy) is 2. The topological polar surface area (TPSA) is 95.2 Å². The summed E-state index contributed by atoms with van der Waals surface area (Å²) in [6, 6.07) is 15.3. The minimum Gasteiger partial charge on any atom is -0.494 e. The van der Waals surface area contributed by atoms with Crippen LogP contribution in [0.25, 0.3) is 0 Å². The lowest BCUT2D eigenvalue weighted by Crippen LogP contribution is -2.12. The molecule has 0 aromatic heterocycles. The van der Waals surface area contributed by atoms with E-state index in [2.05, 4.69) is 9.98 Å². The highest BCUT2D eigenvalue weighted by Gasteiger charge is 2.00. The fourth-order valence-electron chi connectivity index (χ4n) is 2.46. The van der Waals surface area contributed by atoms with E-state index in [0.29, 0.717) is 24.9 Å². The molecule has 0 aliphatic heterocycles. The zero-order valence-corrected chi connectivity index (χ0v) is 16.0. The lowest BCUT2D eigenvalue weighted by Gasteiger charge is -2.08. The van der Waals surface area contributed by atoms with Crippen LogP contribution >= 0.6 is 0 Å². The van der Waals surface area contributed by atoms with Crippen LogP contribution in [-0.2, 0) is 0 Å². The molecule has 6 heteroatoms. The monoisotopic (exact) mass is 368 g/mol. The van der Waals surface area contributed by atoms with Gasteiger partial charge in [-0.3, -0.25) is 9.98 Å². The lowest BCUT2D eigenvalue weighted by atomic mass is 10.2. The van der Waals surface area contributed by atoms with Crippen molar-refractivity contribution in [3.63, 3.8) is 0 Å². The van der Waals surface area contributed by atoms with Gasteiger partial charge in [0.15, 0.2) is 0 Å². The van der Waals surface area contributed by atoms with E-state index in [0.717, 1.165) is 41.9 Å². The molecule has 0 spiro atoms. The van der Waals surface area contributed by atoms with Crippen molar-refractivity contribution < 1.29 is 9.47 Å². The van der Waals surface area contributed by atoms with Crippen LogP contribution in [0.5, 0.6) is 11.5 Å². The largest absolute Gasteiger partial charge is 0.494 e. The van der Waals surface area contributed by atoms with Gasteiger partial charge in [-0.1, -0.05) is 0 Å². The van der Waals surface area contributed by atoms with Gasteiger partial charge in [-0.2, -0.15) is 0 Å². The Hall–Kier alpha value is -3.02. The summed E-state index contributed by atoms with van der Waals surface area (Å²) in [6.07, 6.45) is 3.00. The number of nitrogens with two attached hydrogens (primary N) is 2. The van der Waals surface area contributed by atoms with E-state index in [1.807, 2.05) is 48.5 Å². The minimum atomic E-state index is 0.526. The Bertz CT molecular complexity index is 687. The Morgan fingerprint density at radius 1 is 0.667 bits per heavy atom. The summed E-state index contributed by atoms with van der Waals surface area (Å²) in [7, 11) is 3.35. The number of hydrogen-bond acceptors (Lipinski definition) is 4. The summed E-state index contributed by atoms with van der Waals surface area (Å²) in [5.41, 5.74) is 13.3. The van der Waals surface area contributed by atoms with Crippen LogP contribution in [0.15, 0.2) is 58.5 Å². The number of nitrogens with zero attached hydrogens (tertiary/aromatic N) is 2. The summed E-state index contributed by atoms with van der Waals surface area (Å²) in [4.78, 5) is 7.92. The van der Waals surface area contributed by atoms with Gasteiger partial charge >= 0.3 is 0 Å². The normalized spacial score (nSPS) is 12.1. The van der Waals surface area contributed by atoms with Gasteiger partial charge in [0.05, 0.1) is 13.2 Å². The van der Waals surface area contributed by atoms with E-state index in [9.17, 15) is 0 Å². The molecule has 0 aliphatic carbocycles. The van der Waals surface area contributed by atoms with Gasteiger partial charge in [-0.25, -0.2) is 0 Å². The molecule has 4 N–H and O–H groups in total. The number of amidine groups is 2.